The van der Waals surface area contributed by atoms with Crippen LogP contribution in [0.1, 0.15) is 21.6 Å². The van der Waals surface area contributed by atoms with Crippen molar-refractivity contribution in [2.45, 2.75) is 13.0 Å². The van der Waals surface area contributed by atoms with E-state index in [1.165, 1.54) is 12.1 Å². The van der Waals surface area contributed by atoms with Crippen molar-refractivity contribution in [2.75, 3.05) is 11.9 Å². The third-order valence-electron chi connectivity index (χ3n) is 3.99. The number of hydrogen-bond donors (Lipinski definition) is 2. The van der Waals surface area contributed by atoms with Crippen LogP contribution in [0.2, 0.25) is 5.02 Å². The Morgan fingerprint density at radius 3 is 2.63 bits per heavy atom. The first kappa shape index (κ1) is 18.9. The number of anilines is 1. The zero-order valence-electron chi connectivity index (χ0n) is 14.6. The van der Waals surface area contributed by atoms with E-state index in [2.05, 4.69) is 15.6 Å². The van der Waals surface area contributed by atoms with Crippen molar-refractivity contribution >= 4 is 23.2 Å². The quantitative estimate of drug-likeness (QED) is 0.633. The van der Waals surface area contributed by atoms with Gasteiger partial charge in [-0.3, -0.25) is 9.78 Å². The number of pyridine rings is 1. The fraction of sp³-hybridized carbons (Fsp3) is 0.143. The molecule has 0 aliphatic heterocycles. The fourth-order valence-corrected chi connectivity index (χ4v) is 2.79. The van der Waals surface area contributed by atoms with Crippen molar-refractivity contribution in [1.82, 2.24) is 10.3 Å². The van der Waals surface area contributed by atoms with Gasteiger partial charge in [-0.1, -0.05) is 35.9 Å². The molecule has 138 valence electrons. The lowest BCUT2D eigenvalue weighted by Crippen LogP contribution is -2.26. The molecule has 0 spiro atoms. The molecule has 1 heterocycles. The molecule has 3 rings (SSSR count). The van der Waals surface area contributed by atoms with Crippen molar-refractivity contribution < 1.29 is 9.18 Å². The summed E-state index contributed by atoms with van der Waals surface area (Å²) >= 11 is 5.96. The molecule has 0 saturated heterocycles. The fourth-order valence-electron chi connectivity index (χ4n) is 2.57. The zero-order chi connectivity index (χ0) is 19.1. The van der Waals surface area contributed by atoms with Crippen LogP contribution in [0.15, 0.2) is 66.9 Å². The maximum atomic E-state index is 12.9. The molecule has 2 N–H and O–H groups in total. The summed E-state index contributed by atoms with van der Waals surface area (Å²) in [6, 6.07) is 17.3. The van der Waals surface area contributed by atoms with E-state index in [1.54, 1.807) is 30.5 Å². The summed E-state index contributed by atoms with van der Waals surface area (Å²) in [5.74, 6) is -0.498. The smallest absolute Gasteiger partial charge is 0.269 e. The topological polar surface area (TPSA) is 54.0 Å². The average molecular weight is 384 g/mol. The van der Waals surface area contributed by atoms with E-state index in [0.717, 1.165) is 16.8 Å². The number of carbonyl (C=O) groups excluding carboxylic acids is 1. The molecule has 3 aromatic rings. The minimum absolute atomic E-state index is 0.234. The van der Waals surface area contributed by atoms with Crippen LogP contribution in [0.3, 0.4) is 0 Å². The first-order chi connectivity index (χ1) is 13.1. The van der Waals surface area contributed by atoms with Crippen LogP contribution in [-0.4, -0.2) is 17.4 Å². The Kier molecular flexibility index (Phi) is 6.39. The van der Waals surface area contributed by atoms with E-state index in [9.17, 15) is 9.18 Å². The number of nitrogens with one attached hydrogen (secondary N) is 2. The summed E-state index contributed by atoms with van der Waals surface area (Å²) in [6.45, 7) is 1.02. The average Bonchev–Trinajstić information content (AvgIpc) is 2.68. The van der Waals surface area contributed by atoms with E-state index in [-0.39, 0.29) is 11.7 Å². The van der Waals surface area contributed by atoms with Crippen molar-refractivity contribution in [3.8, 4) is 0 Å². The van der Waals surface area contributed by atoms with Gasteiger partial charge in [0.2, 0.25) is 0 Å². The molecule has 4 nitrogen and oxygen atoms in total. The molecule has 0 aliphatic rings. The second-order valence-electron chi connectivity index (χ2n) is 6.05. The minimum Gasteiger partial charge on any atom is -0.381 e. The van der Waals surface area contributed by atoms with E-state index in [0.29, 0.717) is 30.2 Å². The Bertz CT molecular complexity index is 915. The number of rotatable bonds is 7. The maximum absolute atomic E-state index is 12.9. The summed E-state index contributed by atoms with van der Waals surface area (Å²) in [5.41, 5.74) is 3.12. The van der Waals surface area contributed by atoms with Gasteiger partial charge in [0.1, 0.15) is 11.5 Å². The Labute approximate surface area is 162 Å². The predicted molar refractivity (Wildman–Crippen MR) is 105 cm³/mol. The third kappa shape index (κ3) is 5.79. The van der Waals surface area contributed by atoms with Crippen molar-refractivity contribution in [1.29, 1.82) is 0 Å². The molecular weight excluding hydrogens is 365 g/mol. The van der Waals surface area contributed by atoms with Crippen LogP contribution in [0.5, 0.6) is 0 Å². The van der Waals surface area contributed by atoms with Crippen LogP contribution in [0.25, 0.3) is 0 Å². The van der Waals surface area contributed by atoms with Crippen LogP contribution >= 0.6 is 11.6 Å². The molecule has 0 aliphatic carbocycles. The Hall–Kier alpha value is -2.92. The van der Waals surface area contributed by atoms with Gasteiger partial charge in [-0.15, -0.1) is 0 Å². The molecule has 6 heteroatoms. The van der Waals surface area contributed by atoms with Gasteiger partial charge in [-0.05, 0) is 53.9 Å². The number of benzene rings is 2. The summed E-state index contributed by atoms with van der Waals surface area (Å²) in [4.78, 5) is 16.4. The summed E-state index contributed by atoms with van der Waals surface area (Å²) < 4.78 is 12.9. The largest absolute Gasteiger partial charge is 0.381 e. The van der Waals surface area contributed by atoms with Gasteiger partial charge >= 0.3 is 0 Å². The SMILES string of the molecule is O=C(NCCc1cccc(Cl)c1)c1cc(NCc2ccc(F)cc2)ccn1. The highest BCUT2D eigenvalue weighted by Crippen LogP contribution is 2.12. The van der Waals surface area contributed by atoms with Gasteiger partial charge in [0.25, 0.3) is 5.91 Å². The van der Waals surface area contributed by atoms with E-state index in [4.69, 9.17) is 11.6 Å². The molecule has 27 heavy (non-hydrogen) atoms. The predicted octanol–water partition coefficient (Wildman–Crippen LogP) is 4.46. The highest BCUT2D eigenvalue weighted by Gasteiger charge is 2.08. The number of hydrogen-bond acceptors (Lipinski definition) is 3. The van der Waals surface area contributed by atoms with Gasteiger partial charge in [0.05, 0.1) is 0 Å². The van der Waals surface area contributed by atoms with Crippen LogP contribution in [0, 0.1) is 5.82 Å². The van der Waals surface area contributed by atoms with Crippen LogP contribution < -0.4 is 10.6 Å². The number of nitrogens with zero attached hydrogens (tertiary/aromatic N) is 1. The first-order valence-corrected chi connectivity index (χ1v) is 8.95. The zero-order valence-corrected chi connectivity index (χ0v) is 15.3. The molecule has 0 unspecified atom stereocenters. The highest BCUT2D eigenvalue weighted by molar-refractivity contribution is 6.30. The van der Waals surface area contributed by atoms with Gasteiger partial charge in [0, 0.05) is 30.0 Å². The molecule has 0 saturated carbocycles. The lowest BCUT2D eigenvalue weighted by Gasteiger charge is -2.09. The second kappa shape index (κ2) is 9.14. The molecule has 1 amide bonds. The van der Waals surface area contributed by atoms with Crippen molar-refractivity contribution in [3.05, 3.63) is 94.5 Å². The van der Waals surface area contributed by atoms with E-state index < -0.39 is 0 Å². The number of carbonyl (C=O) groups is 1. The van der Waals surface area contributed by atoms with Crippen LogP contribution in [-0.2, 0) is 13.0 Å². The lowest BCUT2D eigenvalue weighted by molar-refractivity contribution is 0.0949. The summed E-state index contributed by atoms with van der Waals surface area (Å²) in [7, 11) is 0. The van der Waals surface area contributed by atoms with Gasteiger partial charge in [0.15, 0.2) is 0 Å². The monoisotopic (exact) mass is 383 g/mol. The number of amides is 1. The van der Waals surface area contributed by atoms with E-state index in [1.807, 2.05) is 24.3 Å². The lowest BCUT2D eigenvalue weighted by atomic mass is 10.1. The van der Waals surface area contributed by atoms with Crippen LogP contribution in [0.4, 0.5) is 10.1 Å². The Morgan fingerprint density at radius 2 is 1.85 bits per heavy atom. The molecule has 0 fully saturated rings. The Morgan fingerprint density at radius 1 is 1.04 bits per heavy atom. The molecular formula is C21H19ClFN3O. The summed E-state index contributed by atoms with van der Waals surface area (Å²) in [6.07, 6.45) is 2.27. The first-order valence-electron chi connectivity index (χ1n) is 8.57. The molecule has 0 radical (unpaired) electrons. The standard InChI is InChI=1S/C21H19ClFN3O/c22-17-3-1-2-15(12-17)8-10-25-21(27)20-13-19(9-11-24-20)26-14-16-4-6-18(23)7-5-16/h1-7,9,11-13H,8,10,14H2,(H,24,26)(H,25,27). The van der Waals surface area contributed by atoms with Crippen molar-refractivity contribution in [3.63, 3.8) is 0 Å². The summed E-state index contributed by atoms with van der Waals surface area (Å²) in [5, 5.41) is 6.75. The maximum Gasteiger partial charge on any atom is 0.269 e. The third-order valence-corrected chi connectivity index (χ3v) is 4.23. The highest BCUT2D eigenvalue weighted by atomic mass is 35.5. The second-order valence-corrected chi connectivity index (χ2v) is 6.48. The van der Waals surface area contributed by atoms with E-state index >= 15 is 0 Å². The minimum atomic E-state index is -0.264. The molecule has 0 atom stereocenters. The normalized spacial score (nSPS) is 10.4. The van der Waals surface area contributed by atoms with Crippen molar-refractivity contribution in [2.24, 2.45) is 0 Å². The van der Waals surface area contributed by atoms with Gasteiger partial charge < -0.3 is 10.6 Å². The van der Waals surface area contributed by atoms with Gasteiger partial charge in [-0.25, -0.2) is 4.39 Å². The number of aromatic nitrogens is 1. The Balaban J connectivity index is 1.52. The molecule has 1 aromatic heterocycles. The van der Waals surface area contributed by atoms with Gasteiger partial charge in [-0.2, -0.15) is 0 Å². The number of halogens is 2. The molecule has 2 aromatic carbocycles. The molecule has 0 bridgehead atoms.